The van der Waals surface area contributed by atoms with Gasteiger partial charge in [-0.1, -0.05) is 6.07 Å². The van der Waals surface area contributed by atoms with Crippen molar-refractivity contribution in [3.05, 3.63) is 42.0 Å². The Bertz CT molecular complexity index is 954. The fourth-order valence-corrected chi connectivity index (χ4v) is 4.63. The smallest absolute Gasteiger partial charge is 0.268 e. The fourth-order valence-electron chi connectivity index (χ4n) is 2.96. The van der Waals surface area contributed by atoms with Gasteiger partial charge in [-0.25, -0.2) is 8.42 Å². The third-order valence-electron chi connectivity index (χ3n) is 4.25. The van der Waals surface area contributed by atoms with Gasteiger partial charge in [0.15, 0.2) is 5.78 Å². The van der Waals surface area contributed by atoms with Gasteiger partial charge in [-0.05, 0) is 24.3 Å². The molecule has 0 fully saturated rings. The molecule has 0 radical (unpaired) electrons. The number of sulfonamides is 1. The molecule has 0 bridgehead atoms. The van der Waals surface area contributed by atoms with Gasteiger partial charge in [0.2, 0.25) is 0 Å². The highest BCUT2D eigenvalue weighted by Gasteiger charge is 2.36. The average molecular weight is 377 g/mol. The third kappa shape index (κ3) is 2.86. The minimum atomic E-state index is -4.01. The van der Waals surface area contributed by atoms with Gasteiger partial charge in [0.05, 0.1) is 21.3 Å². The Morgan fingerprint density at radius 2 is 1.69 bits per heavy atom. The molecular formula is C18H19NO6S. The second-order valence-electron chi connectivity index (χ2n) is 5.62. The SMILES string of the molecule is COc1ccc(OC)c(S(=O)(=O)N2CCC(=O)c3cccc(OC)c32)c1. The van der Waals surface area contributed by atoms with Crippen LogP contribution in [0, 0.1) is 0 Å². The zero-order chi connectivity index (χ0) is 18.9. The van der Waals surface area contributed by atoms with Gasteiger partial charge < -0.3 is 14.2 Å². The number of benzene rings is 2. The van der Waals surface area contributed by atoms with Crippen LogP contribution in [0.3, 0.4) is 0 Å². The Kier molecular flexibility index (Phi) is 4.78. The maximum Gasteiger partial charge on any atom is 0.268 e. The van der Waals surface area contributed by atoms with Crippen molar-refractivity contribution in [3.63, 3.8) is 0 Å². The van der Waals surface area contributed by atoms with Gasteiger partial charge in [0.25, 0.3) is 10.0 Å². The molecule has 0 N–H and O–H groups in total. The van der Waals surface area contributed by atoms with E-state index in [2.05, 4.69) is 0 Å². The molecule has 3 rings (SSSR count). The zero-order valence-corrected chi connectivity index (χ0v) is 15.5. The maximum absolute atomic E-state index is 13.4. The van der Waals surface area contributed by atoms with Crippen molar-refractivity contribution < 1.29 is 27.4 Å². The van der Waals surface area contributed by atoms with Crippen molar-refractivity contribution in [1.29, 1.82) is 0 Å². The fraction of sp³-hybridized carbons (Fsp3) is 0.278. The predicted octanol–water partition coefficient (Wildman–Crippen LogP) is 2.49. The molecule has 2 aromatic carbocycles. The Morgan fingerprint density at radius 1 is 0.962 bits per heavy atom. The van der Waals surface area contributed by atoms with Crippen LogP contribution in [-0.4, -0.2) is 42.1 Å². The van der Waals surface area contributed by atoms with Gasteiger partial charge >= 0.3 is 0 Å². The quantitative estimate of drug-likeness (QED) is 0.796. The first-order valence-electron chi connectivity index (χ1n) is 7.89. The van der Waals surface area contributed by atoms with E-state index in [4.69, 9.17) is 14.2 Å². The van der Waals surface area contributed by atoms with Gasteiger partial charge in [-0.15, -0.1) is 0 Å². The van der Waals surface area contributed by atoms with Crippen LogP contribution < -0.4 is 18.5 Å². The molecule has 0 unspecified atom stereocenters. The summed E-state index contributed by atoms with van der Waals surface area (Å²) in [6, 6.07) is 9.45. The van der Waals surface area contributed by atoms with Crippen molar-refractivity contribution in [3.8, 4) is 17.2 Å². The summed E-state index contributed by atoms with van der Waals surface area (Å²) in [6.07, 6.45) is 0.0890. The molecule has 0 aromatic heterocycles. The first-order valence-corrected chi connectivity index (χ1v) is 9.33. The first kappa shape index (κ1) is 18.1. The molecule has 0 saturated heterocycles. The molecule has 0 atom stereocenters. The second kappa shape index (κ2) is 6.87. The molecule has 8 heteroatoms. The first-order chi connectivity index (χ1) is 12.4. The molecule has 1 aliphatic rings. The van der Waals surface area contributed by atoms with E-state index in [1.807, 2.05) is 0 Å². The van der Waals surface area contributed by atoms with E-state index in [0.29, 0.717) is 17.1 Å². The molecule has 0 spiro atoms. The highest BCUT2D eigenvalue weighted by Crippen LogP contribution is 2.41. The summed E-state index contributed by atoms with van der Waals surface area (Å²) >= 11 is 0. The summed E-state index contributed by atoms with van der Waals surface area (Å²) in [6.45, 7) is 0.0227. The van der Waals surface area contributed by atoms with Crippen LogP contribution in [0.2, 0.25) is 0 Å². The lowest BCUT2D eigenvalue weighted by Gasteiger charge is -2.31. The van der Waals surface area contributed by atoms with Crippen LogP contribution in [-0.2, 0) is 10.0 Å². The van der Waals surface area contributed by atoms with Crippen LogP contribution in [0.1, 0.15) is 16.8 Å². The van der Waals surface area contributed by atoms with Crippen LogP contribution in [0.5, 0.6) is 17.2 Å². The van der Waals surface area contributed by atoms with Crippen LogP contribution >= 0.6 is 0 Å². The number of para-hydroxylation sites is 1. The number of rotatable bonds is 5. The molecule has 7 nitrogen and oxygen atoms in total. The van der Waals surface area contributed by atoms with Crippen molar-refractivity contribution >= 4 is 21.5 Å². The maximum atomic E-state index is 13.4. The summed E-state index contributed by atoms with van der Waals surface area (Å²) in [5.74, 6) is 0.779. The molecule has 26 heavy (non-hydrogen) atoms. The number of anilines is 1. The standard InChI is InChI=1S/C18H19NO6S/c1-23-12-7-8-15(24-2)17(11-12)26(21,22)19-10-9-14(20)13-5-4-6-16(25-3)18(13)19/h4-8,11H,9-10H2,1-3H3. The number of hydrogen-bond donors (Lipinski definition) is 0. The molecule has 1 heterocycles. The number of carbonyl (C=O) groups excluding carboxylic acids is 1. The summed E-state index contributed by atoms with van der Waals surface area (Å²) < 4.78 is 43.7. The number of fused-ring (bicyclic) bond motifs is 1. The number of ketones is 1. The van der Waals surface area contributed by atoms with E-state index in [1.54, 1.807) is 24.3 Å². The summed E-state index contributed by atoms with van der Waals surface area (Å²) in [5.41, 5.74) is 0.567. The summed E-state index contributed by atoms with van der Waals surface area (Å²) in [7, 11) is 0.278. The predicted molar refractivity (Wildman–Crippen MR) is 96.0 cm³/mol. The molecular weight excluding hydrogens is 358 g/mol. The number of hydrogen-bond acceptors (Lipinski definition) is 6. The Morgan fingerprint density at radius 3 is 2.35 bits per heavy atom. The molecule has 138 valence electrons. The second-order valence-corrected chi connectivity index (χ2v) is 7.45. The Hall–Kier alpha value is -2.74. The monoisotopic (exact) mass is 377 g/mol. The zero-order valence-electron chi connectivity index (χ0n) is 14.7. The van der Waals surface area contributed by atoms with E-state index in [0.717, 1.165) is 0 Å². The Labute approximate surface area is 152 Å². The van der Waals surface area contributed by atoms with E-state index in [9.17, 15) is 13.2 Å². The molecule has 1 aliphatic heterocycles. The average Bonchev–Trinajstić information content (AvgIpc) is 2.67. The van der Waals surface area contributed by atoms with Crippen LogP contribution in [0.15, 0.2) is 41.3 Å². The number of nitrogens with zero attached hydrogens (tertiary/aromatic N) is 1. The van der Waals surface area contributed by atoms with E-state index >= 15 is 0 Å². The van der Waals surface area contributed by atoms with Crippen LogP contribution in [0.4, 0.5) is 5.69 Å². The number of Topliss-reactive ketones (excluding diaryl/α,β-unsaturated/α-hetero) is 1. The minimum Gasteiger partial charge on any atom is -0.497 e. The number of ether oxygens (including phenoxy) is 3. The largest absolute Gasteiger partial charge is 0.497 e. The van der Waals surface area contributed by atoms with Crippen LogP contribution in [0.25, 0.3) is 0 Å². The minimum absolute atomic E-state index is 0.0227. The highest BCUT2D eigenvalue weighted by atomic mass is 32.2. The van der Waals surface area contributed by atoms with E-state index in [-0.39, 0.29) is 35.1 Å². The lowest BCUT2D eigenvalue weighted by atomic mass is 10.0. The topological polar surface area (TPSA) is 82.1 Å². The lowest BCUT2D eigenvalue weighted by Crippen LogP contribution is -2.37. The van der Waals surface area contributed by atoms with Crippen molar-refractivity contribution in [2.75, 3.05) is 32.2 Å². The van der Waals surface area contributed by atoms with E-state index < -0.39 is 10.0 Å². The van der Waals surface area contributed by atoms with E-state index in [1.165, 1.54) is 37.8 Å². The summed E-state index contributed by atoms with van der Waals surface area (Å²) in [4.78, 5) is 12.2. The van der Waals surface area contributed by atoms with Gasteiger partial charge in [-0.3, -0.25) is 9.10 Å². The number of carbonyl (C=O) groups is 1. The molecule has 0 aliphatic carbocycles. The van der Waals surface area contributed by atoms with Gasteiger partial charge in [-0.2, -0.15) is 0 Å². The lowest BCUT2D eigenvalue weighted by molar-refractivity contribution is 0.0981. The van der Waals surface area contributed by atoms with Crippen molar-refractivity contribution in [2.24, 2.45) is 0 Å². The highest BCUT2D eigenvalue weighted by molar-refractivity contribution is 7.93. The molecule has 0 amide bonds. The Balaban J connectivity index is 2.22. The third-order valence-corrected chi connectivity index (χ3v) is 6.07. The normalized spacial score (nSPS) is 14.0. The van der Waals surface area contributed by atoms with Crippen molar-refractivity contribution in [2.45, 2.75) is 11.3 Å². The molecule has 2 aromatic rings. The molecule has 0 saturated carbocycles. The summed E-state index contributed by atoms with van der Waals surface area (Å²) in [5, 5.41) is 0. The van der Waals surface area contributed by atoms with Crippen molar-refractivity contribution in [1.82, 2.24) is 0 Å². The number of methoxy groups -OCH3 is 3. The van der Waals surface area contributed by atoms with Gasteiger partial charge in [0.1, 0.15) is 27.8 Å². The van der Waals surface area contributed by atoms with Gasteiger partial charge in [0, 0.05) is 24.6 Å².